The van der Waals surface area contributed by atoms with E-state index in [1.165, 1.54) is 65.6 Å². The molecule has 0 amide bonds. The van der Waals surface area contributed by atoms with Gasteiger partial charge in [0.15, 0.2) is 0 Å². The molecule has 0 N–H and O–H groups in total. The highest BCUT2D eigenvalue weighted by molar-refractivity contribution is 6.11. The van der Waals surface area contributed by atoms with Gasteiger partial charge in [-0.25, -0.2) is 0 Å². The highest BCUT2D eigenvalue weighted by Crippen LogP contribution is 2.46. The molecule has 0 saturated heterocycles. The number of para-hydroxylation sites is 4. The Labute approximate surface area is 303 Å². The van der Waals surface area contributed by atoms with Crippen molar-refractivity contribution in [1.82, 2.24) is 4.57 Å². The minimum absolute atomic E-state index is 1.11. The molecule has 0 spiro atoms. The zero-order chi connectivity index (χ0) is 34.4. The van der Waals surface area contributed by atoms with E-state index < -0.39 is 0 Å². The summed E-state index contributed by atoms with van der Waals surface area (Å²) < 4.78 is 2.38. The van der Waals surface area contributed by atoms with Gasteiger partial charge in [0.2, 0.25) is 0 Å². The number of fused-ring (bicyclic) bond motifs is 5. The first-order valence-corrected chi connectivity index (χ1v) is 17.9. The second-order valence-electron chi connectivity index (χ2n) is 13.4. The largest absolute Gasteiger partial charge is 0.310 e. The Morgan fingerprint density at radius 2 is 0.923 bits per heavy atom. The Hall–Kier alpha value is -6.90. The molecule has 9 aromatic carbocycles. The first kappa shape index (κ1) is 30.0. The summed E-state index contributed by atoms with van der Waals surface area (Å²) in [6, 6.07) is 74.8. The molecule has 2 nitrogen and oxygen atoms in total. The van der Waals surface area contributed by atoms with Crippen molar-refractivity contribution in [2.75, 3.05) is 4.90 Å². The van der Waals surface area contributed by atoms with Crippen LogP contribution in [-0.4, -0.2) is 4.57 Å². The van der Waals surface area contributed by atoms with E-state index in [1.54, 1.807) is 0 Å². The second-order valence-corrected chi connectivity index (χ2v) is 13.4. The van der Waals surface area contributed by atoms with Gasteiger partial charge in [-0.3, -0.25) is 0 Å². The highest BCUT2D eigenvalue weighted by Gasteiger charge is 2.21. The molecule has 0 radical (unpaired) electrons. The minimum atomic E-state index is 1.11. The van der Waals surface area contributed by atoms with E-state index in [-0.39, 0.29) is 0 Å². The summed E-state index contributed by atoms with van der Waals surface area (Å²) in [4.78, 5) is 2.42. The number of benzene rings is 9. The Balaban J connectivity index is 1.22. The molecule has 10 aromatic rings. The van der Waals surface area contributed by atoms with Crippen molar-refractivity contribution >= 4 is 60.4 Å². The van der Waals surface area contributed by atoms with Crippen molar-refractivity contribution in [3.8, 4) is 27.9 Å². The number of hydrogen-bond acceptors (Lipinski definition) is 1. The van der Waals surface area contributed by atoms with Crippen LogP contribution >= 0.6 is 0 Å². The van der Waals surface area contributed by atoms with Gasteiger partial charge >= 0.3 is 0 Å². The monoisotopic (exact) mass is 662 g/mol. The molecular weight excluding hydrogens is 629 g/mol. The topological polar surface area (TPSA) is 8.17 Å². The lowest BCUT2D eigenvalue weighted by Gasteiger charge is -2.28. The normalized spacial score (nSPS) is 11.5. The minimum Gasteiger partial charge on any atom is -0.310 e. The number of nitrogens with zero attached hydrogens (tertiary/aromatic N) is 2. The Morgan fingerprint density at radius 3 is 1.71 bits per heavy atom. The first-order chi connectivity index (χ1) is 25.8. The van der Waals surface area contributed by atoms with Crippen LogP contribution in [0.2, 0.25) is 0 Å². The van der Waals surface area contributed by atoms with E-state index in [9.17, 15) is 0 Å². The molecular formula is C50H34N2. The maximum atomic E-state index is 2.42. The van der Waals surface area contributed by atoms with E-state index in [4.69, 9.17) is 0 Å². The van der Waals surface area contributed by atoms with Gasteiger partial charge in [0.25, 0.3) is 0 Å². The average molecular weight is 663 g/mol. The molecule has 0 atom stereocenters. The molecule has 0 bridgehead atoms. The maximum Gasteiger partial charge on any atom is 0.0542 e. The van der Waals surface area contributed by atoms with Gasteiger partial charge in [0.05, 0.1) is 16.7 Å². The highest BCUT2D eigenvalue weighted by atomic mass is 15.1. The van der Waals surface area contributed by atoms with Crippen LogP contribution < -0.4 is 4.90 Å². The summed E-state index contributed by atoms with van der Waals surface area (Å²) >= 11 is 0. The van der Waals surface area contributed by atoms with Crippen molar-refractivity contribution < 1.29 is 0 Å². The number of aromatic nitrogens is 1. The smallest absolute Gasteiger partial charge is 0.0542 e. The summed E-state index contributed by atoms with van der Waals surface area (Å²) in [7, 11) is 0. The van der Waals surface area contributed by atoms with Crippen LogP contribution in [0.15, 0.2) is 206 Å². The van der Waals surface area contributed by atoms with E-state index in [0.717, 1.165) is 22.7 Å². The van der Waals surface area contributed by atoms with Gasteiger partial charge in [0, 0.05) is 33.4 Å². The van der Waals surface area contributed by atoms with E-state index >= 15 is 0 Å². The lowest BCUT2D eigenvalue weighted by molar-refractivity contribution is 1.18. The van der Waals surface area contributed by atoms with Gasteiger partial charge in [-0.1, -0.05) is 133 Å². The fourth-order valence-corrected chi connectivity index (χ4v) is 7.91. The summed E-state index contributed by atoms with van der Waals surface area (Å²) in [5.41, 5.74) is 11.7. The average Bonchev–Trinajstić information content (AvgIpc) is 3.55. The van der Waals surface area contributed by atoms with Gasteiger partial charge in [-0.05, 0) is 111 Å². The van der Waals surface area contributed by atoms with Crippen LogP contribution in [0.3, 0.4) is 0 Å². The Morgan fingerprint density at radius 1 is 0.327 bits per heavy atom. The SMILES string of the molecule is c1ccc(N(c2ccc3c(c2)c2ccccc2n3-c2ccccc2)c2ccccc2-c2cc3ccccc3cc2-c2ccc3ccccc3c2)cc1. The molecule has 0 saturated carbocycles. The van der Waals surface area contributed by atoms with Crippen LogP contribution in [0.4, 0.5) is 17.1 Å². The molecule has 2 heteroatoms. The van der Waals surface area contributed by atoms with Crippen molar-refractivity contribution in [3.05, 3.63) is 206 Å². The number of rotatable bonds is 6. The van der Waals surface area contributed by atoms with Crippen molar-refractivity contribution in [1.29, 1.82) is 0 Å². The maximum absolute atomic E-state index is 2.42. The zero-order valence-electron chi connectivity index (χ0n) is 28.5. The summed E-state index contributed by atoms with van der Waals surface area (Å²) in [5.74, 6) is 0. The third kappa shape index (κ3) is 5.04. The molecule has 10 rings (SSSR count). The van der Waals surface area contributed by atoms with Crippen LogP contribution in [-0.2, 0) is 0 Å². The molecule has 52 heavy (non-hydrogen) atoms. The first-order valence-electron chi connectivity index (χ1n) is 17.9. The second kappa shape index (κ2) is 12.5. The predicted octanol–water partition coefficient (Wildman–Crippen LogP) is 13.9. The van der Waals surface area contributed by atoms with Crippen LogP contribution in [0.1, 0.15) is 0 Å². The summed E-state index contributed by atoms with van der Waals surface area (Å²) in [6.07, 6.45) is 0. The number of hydrogen-bond donors (Lipinski definition) is 0. The third-order valence-electron chi connectivity index (χ3n) is 10.3. The lowest BCUT2D eigenvalue weighted by Crippen LogP contribution is -2.11. The molecule has 1 aromatic heterocycles. The third-order valence-corrected chi connectivity index (χ3v) is 10.3. The standard InChI is InChI=1S/C50H34N2/c1-3-19-40(20-4-1)51(42-29-30-50-47(34-42)44-24-12-14-26-49(44)52(50)41-21-5-2-6-22-41)48-25-13-11-23-43(48)46-33-38-18-10-9-17-37(38)32-45(46)39-28-27-35-15-7-8-16-36(35)31-39/h1-34H. The van der Waals surface area contributed by atoms with Crippen molar-refractivity contribution in [3.63, 3.8) is 0 Å². The van der Waals surface area contributed by atoms with Crippen LogP contribution in [0, 0.1) is 0 Å². The lowest BCUT2D eigenvalue weighted by atomic mass is 9.89. The summed E-state index contributed by atoms with van der Waals surface area (Å²) in [6.45, 7) is 0. The van der Waals surface area contributed by atoms with Gasteiger partial charge in [-0.15, -0.1) is 0 Å². The van der Waals surface area contributed by atoms with Crippen LogP contribution in [0.25, 0.3) is 71.3 Å². The van der Waals surface area contributed by atoms with Crippen molar-refractivity contribution in [2.24, 2.45) is 0 Å². The Bertz CT molecular complexity index is 2900. The fourth-order valence-electron chi connectivity index (χ4n) is 7.91. The number of anilines is 3. The molecule has 0 fully saturated rings. The molecule has 0 aliphatic heterocycles. The van der Waals surface area contributed by atoms with E-state index in [1.807, 2.05) is 0 Å². The Kier molecular flexibility index (Phi) is 7.18. The van der Waals surface area contributed by atoms with E-state index in [2.05, 4.69) is 216 Å². The van der Waals surface area contributed by atoms with Crippen LogP contribution in [0.5, 0.6) is 0 Å². The summed E-state index contributed by atoms with van der Waals surface area (Å²) in [5, 5.41) is 7.38. The zero-order valence-corrected chi connectivity index (χ0v) is 28.5. The molecule has 244 valence electrons. The van der Waals surface area contributed by atoms with E-state index in [0.29, 0.717) is 0 Å². The molecule has 0 aliphatic carbocycles. The van der Waals surface area contributed by atoms with Gasteiger partial charge in [-0.2, -0.15) is 0 Å². The van der Waals surface area contributed by atoms with Crippen molar-refractivity contribution in [2.45, 2.75) is 0 Å². The van der Waals surface area contributed by atoms with Gasteiger partial charge < -0.3 is 9.47 Å². The molecule has 1 heterocycles. The van der Waals surface area contributed by atoms with Gasteiger partial charge in [0.1, 0.15) is 0 Å². The predicted molar refractivity (Wildman–Crippen MR) is 221 cm³/mol. The molecule has 0 aliphatic rings. The quantitative estimate of drug-likeness (QED) is 0.172. The molecule has 0 unspecified atom stereocenters. The fraction of sp³-hybridized carbons (Fsp3) is 0.